The van der Waals surface area contributed by atoms with Gasteiger partial charge in [-0.1, -0.05) is 210 Å². The van der Waals surface area contributed by atoms with E-state index in [1.807, 2.05) is 0 Å². The van der Waals surface area contributed by atoms with Crippen LogP contribution in [0.1, 0.15) is 49.9 Å². The second-order valence-corrected chi connectivity index (χ2v) is 17.7. The maximum absolute atomic E-state index is 2.48. The number of para-hydroxylation sites is 2. The minimum absolute atomic E-state index is 0.0197. The first-order valence-electron chi connectivity index (χ1n) is 21.5. The van der Waals surface area contributed by atoms with E-state index in [0.29, 0.717) is 0 Å². The molecule has 0 unspecified atom stereocenters. The number of hydrogen-bond donors (Lipinski definition) is 0. The van der Waals surface area contributed by atoms with Crippen LogP contribution in [-0.4, -0.2) is 0 Å². The molecule has 2 aliphatic rings. The molecule has 292 valence electrons. The first-order valence-corrected chi connectivity index (χ1v) is 21.5. The van der Waals surface area contributed by atoms with Gasteiger partial charge in [-0.05, 0) is 108 Å². The van der Waals surface area contributed by atoms with E-state index >= 15 is 0 Å². The zero-order valence-electron chi connectivity index (χ0n) is 35.2. The molecule has 0 N–H and O–H groups in total. The maximum atomic E-state index is 2.48. The molecule has 61 heavy (non-hydrogen) atoms. The third-order valence-electron chi connectivity index (χ3n) is 13.5. The van der Waals surface area contributed by atoms with Crippen LogP contribution in [0.15, 0.2) is 212 Å². The maximum Gasteiger partial charge on any atom is 0.0540 e. The van der Waals surface area contributed by atoms with E-state index in [1.54, 1.807) is 0 Å². The van der Waals surface area contributed by atoms with Gasteiger partial charge in [-0.25, -0.2) is 0 Å². The Morgan fingerprint density at radius 1 is 0.279 bits per heavy atom. The van der Waals surface area contributed by atoms with Crippen molar-refractivity contribution in [2.45, 2.75) is 38.5 Å². The molecular formula is C60H47N. The molecule has 0 aromatic heterocycles. The van der Waals surface area contributed by atoms with Gasteiger partial charge in [0.15, 0.2) is 0 Å². The second-order valence-electron chi connectivity index (χ2n) is 17.7. The summed E-state index contributed by atoms with van der Waals surface area (Å²) in [6, 6.07) is 78.5. The normalized spacial score (nSPS) is 13.8. The number of rotatable bonds is 7. The fraction of sp³-hybridized carbons (Fsp3) is 0.100. The Kier molecular flexibility index (Phi) is 8.58. The molecule has 11 rings (SSSR count). The zero-order valence-corrected chi connectivity index (χ0v) is 35.2. The number of nitrogens with zero attached hydrogens (tertiary/aromatic N) is 1. The minimum Gasteiger partial charge on any atom is -0.309 e. The fourth-order valence-corrected chi connectivity index (χ4v) is 10.4. The number of anilines is 3. The third kappa shape index (κ3) is 5.91. The molecule has 0 fully saturated rings. The van der Waals surface area contributed by atoms with Gasteiger partial charge in [-0.2, -0.15) is 0 Å². The molecule has 1 heteroatoms. The summed E-state index contributed by atoms with van der Waals surface area (Å²) >= 11 is 0. The molecule has 0 spiro atoms. The highest BCUT2D eigenvalue weighted by Crippen LogP contribution is 2.55. The summed E-state index contributed by atoms with van der Waals surface area (Å²) in [5.41, 5.74) is 23.8. The average Bonchev–Trinajstić information content (AvgIpc) is 3.69. The van der Waals surface area contributed by atoms with Gasteiger partial charge in [0.05, 0.1) is 11.4 Å². The molecular weight excluding hydrogens is 735 g/mol. The SMILES string of the molecule is CC1(C)c2ccccc2-c2cc(-c3ccc(N(c4ccccc4-c4ccc(-c5ccccc5)cc4)c4ccccc4-c4cccc5c4-c4ccccc4C5(C)C)cc3)ccc21. The smallest absolute Gasteiger partial charge is 0.0540 e. The van der Waals surface area contributed by atoms with Crippen molar-refractivity contribution in [1.82, 2.24) is 0 Å². The van der Waals surface area contributed by atoms with Crippen LogP contribution in [0, 0.1) is 0 Å². The van der Waals surface area contributed by atoms with E-state index in [1.165, 1.54) is 89.0 Å². The van der Waals surface area contributed by atoms with Crippen molar-refractivity contribution in [1.29, 1.82) is 0 Å². The largest absolute Gasteiger partial charge is 0.309 e. The summed E-state index contributed by atoms with van der Waals surface area (Å²) in [6.45, 7) is 9.41. The lowest BCUT2D eigenvalue weighted by Gasteiger charge is -2.30. The van der Waals surface area contributed by atoms with E-state index in [4.69, 9.17) is 0 Å². The van der Waals surface area contributed by atoms with E-state index in [9.17, 15) is 0 Å². The first-order chi connectivity index (χ1) is 29.8. The van der Waals surface area contributed by atoms with Gasteiger partial charge in [0.1, 0.15) is 0 Å². The first kappa shape index (κ1) is 36.8. The molecule has 2 aliphatic carbocycles. The Morgan fingerprint density at radius 2 is 0.721 bits per heavy atom. The van der Waals surface area contributed by atoms with E-state index < -0.39 is 0 Å². The predicted molar refractivity (Wildman–Crippen MR) is 258 cm³/mol. The van der Waals surface area contributed by atoms with Crippen LogP contribution in [0.4, 0.5) is 17.1 Å². The van der Waals surface area contributed by atoms with Gasteiger partial charge >= 0.3 is 0 Å². The van der Waals surface area contributed by atoms with Crippen molar-refractivity contribution in [3.63, 3.8) is 0 Å². The third-order valence-corrected chi connectivity index (χ3v) is 13.5. The van der Waals surface area contributed by atoms with Crippen LogP contribution in [0.5, 0.6) is 0 Å². The molecule has 0 bridgehead atoms. The van der Waals surface area contributed by atoms with Crippen molar-refractivity contribution in [2.24, 2.45) is 0 Å². The quantitative estimate of drug-likeness (QED) is 0.156. The highest BCUT2D eigenvalue weighted by atomic mass is 15.1. The Hall–Kier alpha value is -7.22. The predicted octanol–water partition coefficient (Wildman–Crippen LogP) is 16.4. The highest BCUT2D eigenvalue weighted by molar-refractivity contribution is 6.00. The van der Waals surface area contributed by atoms with Gasteiger partial charge in [-0.15, -0.1) is 0 Å². The average molecular weight is 782 g/mol. The van der Waals surface area contributed by atoms with Crippen LogP contribution in [0.25, 0.3) is 66.8 Å². The monoisotopic (exact) mass is 781 g/mol. The van der Waals surface area contributed by atoms with Crippen molar-refractivity contribution >= 4 is 17.1 Å². The van der Waals surface area contributed by atoms with Crippen LogP contribution in [-0.2, 0) is 10.8 Å². The Balaban J connectivity index is 1.08. The van der Waals surface area contributed by atoms with Crippen molar-refractivity contribution in [2.75, 3.05) is 4.90 Å². The molecule has 0 atom stereocenters. The molecule has 0 saturated heterocycles. The van der Waals surface area contributed by atoms with Crippen LogP contribution in [0.2, 0.25) is 0 Å². The summed E-state index contributed by atoms with van der Waals surface area (Å²) in [6.07, 6.45) is 0. The standard InChI is InChI=1S/C60H47N/c1-59(2)52-24-12-8-20-47(52)51-39-44(35-38-54(51)59)42-33-36-45(37-34-42)61(56-27-14-10-19-46(56)43-31-29-41(30-32-43)40-17-6-5-7-18-40)57-28-15-11-21-48(57)49-23-16-26-55-58(49)50-22-9-13-25-53(50)60(55,3)4/h5-39H,1-4H3. The number of fused-ring (bicyclic) bond motifs is 6. The molecule has 0 amide bonds. The fourth-order valence-electron chi connectivity index (χ4n) is 10.4. The van der Waals surface area contributed by atoms with E-state index in [-0.39, 0.29) is 10.8 Å². The minimum atomic E-state index is -0.0969. The van der Waals surface area contributed by atoms with E-state index in [0.717, 1.165) is 17.1 Å². The summed E-state index contributed by atoms with van der Waals surface area (Å²) in [4.78, 5) is 2.48. The summed E-state index contributed by atoms with van der Waals surface area (Å²) in [5.74, 6) is 0. The Labute approximate surface area is 360 Å². The molecule has 0 heterocycles. The lowest BCUT2D eigenvalue weighted by atomic mass is 9.82. The lowest BCUT2D eigenvalue weighted by molar-refractivity contribution is 0.660. The molecule has 0 radical (unpaired) electrons. The summed E-state index contributed by atoms with van der Waals surface area (Å²) < 4.78 is 0. The van der Waals surface area contributed by atoms with Gasteiger partial charge < -0.3 is 4.90 Å². The van der Waals surface area contributed by atoms with Crippen LogP contribution < -0.4 is 4.90 Å². The molecule has 0 saturated carbocycles. The van der Waals surface area contributed by atoms with Gasteiger partial charge in [0, 0.05) is 27.6 Å². The van der Waals surface area contributed by atoms with Crippen LogP contribution >= 0.6 is 0 Å². The second kappa shape index (κ2) is 14.2. The molecule has 0 aliphatic heterocycles. The number of hydrogen-bond acceptors (Lipinski definition) is 1. The summed E-state index contributed by atoms with van der Waals surface area (Å²) in [5, 5.41) is 0. The van der Waals surface area contributed by atoms with Gasteiger partial charge in [-0.3, -0.25) is 0 Å². The van der Waals surface area contributed by atoms with Gasteiger partial charge in [0.25, 0.3) is 0 Å². The highest BCUT2D eigenvalue weighted by Gasteiger charge is 2.38. The van der Waals surface area contributed by atoms with Crippen LogP contribution in [0.3, 0.4) is 0 Å². The lowest BCUT2D eigenvalue weighted by Crippen LogP contribution is -2.15. The topological polar surface area (TPSA) is 3.24 Å². The van der Waals surface area contributed by atoms with Crippen molar-refractivity contribution < 1.29 is 0 Å². The Morgan fingerprint density at radius 3 is 1.44 bits per heavy atom. The molecule has 9 aromatic rings. The number of benzene rings is 9. The van der Waals surface area contributed by atoms with Crippen molar-refractivity contribution in [3.05, 3.63) is 235 Å². The molecule has 1 nitrogen and oxygen atoms in total. The summed E-state index contributed by atoms with van der Waals surface area (Å²) in [7, 11) is 0. The van der Waals surface area contributed by atoms with Crippen molar-refractivity contribution in [3.8, 4) is 66.8 Å². The van der Waals surface area contributed by atoms with Gasteiger partial charge in [0.2, 0.25) is 0 Å². The van der Waals surface area contributed by atoms with E-state index in [2.05, 4.69) is 245 Å². The Bertz CT molecular complexity index is 3110. The zero-order chi connectivity index (χ0) is 41.3. The molecule has 9 aromatic carbocycles.